The number of aromatic nitrogens is 2. The fraction of sp³-hybridized carbons (Fsp3) is 0. The van der Waals surface area contributed by atoms with Gasteiger partial charge in [-0.15, -0.1) is 0 Å². The van der Waals surface area contributed by atoms with Gasteiger partial charge in [-0.2, -0.15) is 5.26 Å². The number of allylic oxidation sites excluding steroid dienone is 1. The Bertz CT molecular complexity index is 1220. The molecule has 4 heteroatoms. The van der Waals surface area contributed by atoms with Crippen molar-refractivity contribution in [1.82, 2.24) is 9.97 Å². The number of nitrogens with zero attached hydrogens (tertiary/aromatic N) is 2. The first kappa shape index (κ1) is 14.9. The molecule has 1 N–H and O–H groups in total. The highest BCUT2D eigenvalue weighted by Gasteiger charge is 2.09. The number of nitriles is 1. The lowest BCUT2D eigenvalue weighted by atomic mass is 10.0. The number of para-hydroxylation sites is 1. The molecule has 0 aliphatic heterocycles. The van der Waals surface area contributed by atoms with Crippen LogP contribution in [0.5, 0.6) is 0 Å². The Kier molecular flexibility index (Phi) is 3.60. The molecule has 3 aromatic carbocycles. The van der Waals surface area contributed by atoms with Crippen molar-refractivity contribution in [2.45, 2.75) is 0 Å². The van der Waals surface area contributed by atoms with E-state index in [-0.39, 0.29) is 11.4 Å². The van der Waals surface area contributed by atoms with Crippen LogP contribution >= 0.6 is 0 Å². The Balaban J connectivity index is 1.92. The Hall–Kier alpha value is -3.71. The zero-order chi connectivity index (χ0) is 17.2. The van der Waals surface area contributed by atoms with Crippen LogP contribution in [0.2, 0.25) is 0 Å². The number of hydrogen-bond donors (Lipinski definition) is 1. The molecule has 4 aromatic rings. The van der Waals surface area contributed by atoms with E-state index in [0.29, 0.717) is 16.5 Å². The van der Waals surface area contributed by atoms with Crippen LogP contribution in [0.4, 0.5) is 0 Å². The SMILES string of the molecule is N#CC(=Cc1cccc2ccccc12)c1nc2ccccc2c(=O)[nH]1. The Labute approximate surface area is 143 Å². The smallest absolute Gasteiger partial charge is 0.259 e. The van der Waals surface area contributed by atoms with Crippen molar-refractivity contribution in [3.8, 4) is 6.07 Å². The van der Waals surface area contributed by atoms with Crippen LogP contribution in [0.3, 0.4) is 0 Å². The molecule has 0 unspecified atom stereocenters. The summed E-state index contributed by atoms with van der Waals surface area (Å²) in [5, 5.41) is 12.2. The molecule has 0 aliphatic rings. The molecule has 0 radical (unpaired) electrons. The van der Waals surface area contributed by atoms with Gasteiger partial charge < -0.3 is 4.98 Å². The van der Waals surface area contributed by atoms with Gasteiger partial charge in [0.15, 0.2) is 5.82 Å². The van der Waals surface area contributed by atoms with Gasteiger partial charge in [0, 0.05) is 0 Å². The summed E-state index contributed by atoms with van der Waals surface area (Å²) in [6.45, 7) is 0. The van der Waals surface area contributed by atoms with Crippen LogP contribution in [0, 0.1) is 11.3 Å². The van der Waals surface area contributed by atoms with Crippen molar-refractivity contribution in [3.63, 3.8) is 0 Å². The van der Waals surface area contributed by atoms with Crippen LogP contribution in [0.15, 0.2) is 71.5 Å². The second kappa shape index (κ2) is 6.06. The molecule has 0 saturated heterocycles. The summed E-state index contributed by atoms with van der Waals surface area (Å²) in [7, 11) is 0. The fourth-order valence-electron chi connectivity index (χ4n) is 2.90. The van der Waals surface area contributed by atoms with E-state index in [1.165, 1.54) is 0 Å². The number of aromatic amines is 1. The first-order chi connectivity index (χ1) is 12.3. The van der Waals surface area contributed by atoms with E-state index in [9.17, 15) is 10.1 Å². The highest BCUT2D eigenvalue weighted by atomic mass is 16.1. The molecular weight excluding hydrogens is 310 g/mol. The van der Waals surface area contributed by atoms with Gasteiger partial charge in [-0.05, 0) is 34.5 Å². The summed E-state index contributed by atoms with van der Waals surface area (Å²) in [5.41, 5.74) is 1.55. The van der Waals surface area contributed by atoms with E-state index in [4.69, 9.17) is 0 Å². The van der Waals surface area contributed by atoms with Gasteiger partial charge in [0.25, 0.3) is 5.56 Å². The molecule has 1 heterocycles. The number of benzene rings is 3. The van der Waals surface area contributed by atoms with Gasteiger partial charge in [0.2, 0.25) is 0 Å². The van der Waals surface area contributed by atoms with Crippen LogP contribution in [0.25, 0.3) is 33.3 Å². The quantitative estimate of drug-likeness (QED) is 0.564. The maximum Gasteiger partial charge on any atom is 0.259 e. The Morgan fingerprint density at radius 1 is 0.960 bits per heavy atom. The first-order valence-corrected chi connectivity index (χ1v) is 7.85. The van der Waals surface area contributed by atoms with Gasteiger partial charge in [-0.1, -0.05) is 54.6 Å². The molecule has 0 amide bonds. The fourth-order valence-corrected chi connectivity index (χ4v) is 2.90. The zero-order valence-electron chi connectivity index (χ0n) is 13.2. The van der Waals surface area contributed by atoms with Crippen LogP contribution in [0.1, 0.15) is 11.4 Å². The van der Waals surface area contributed by atoms with Gasteiger partial charge >= 0.3 is 0 Å². The maximum atomic E-state index is 12.3. The number of H-pyrrole nitrogens is 1. The van der Waals surface area contributed by atoms with Crippen molar-refractivity contribution in [1.29, 1.82) is 5.26 Å². The Morgan fingerprint density at radius 3 is 2.52 bits per heavy atom. The van der Waals surface area contributed by atoms with Crippen molar-refractivity contribution in [2.24, 2.45) is 0 Å². The molecule has 0 fully saturated rings. The average molecular weight is 323 g/mol. The monoisotopic (exact) mass is 323 g/mol. The minimum atomic E-state index is -0.250. The minimum Gasteiger partial charge on any atom is -0.305 e. The molecule has 118 valence electrons. The Morgan fingerprint density at radius 2 is 1.68 bits per heavy atom. The van der Waals surface area contributed by atoms with Crippen molar-refractivity contribution in [2.75, 3.05) is 0 Å². The molecule has 4 nitrogen and oxygen atoms in total. The van der Waals surface area contributed by atoms with Gasteiger partial charge in [0.1, 0.15) is 6.07 Å². The number of fused-ring (bicyclic) bond motifs is 2. The van der Waals surface area contributed by atoms with Gasteiger partial charge in [0.05, 0.1) is 16.5 Å². The van der Waals surface area contributed by atoms with E-state index in [1.807, 2.05) is 48.5 Å². The molecule has 25 heavy (non-hydrogen) atoms. The third kappa shape index (κ3) is 2.68. The second-order valence-electron chi connectivity index (χ2n) is 5.67. The van der Waals surface area contributed by atoms with Crippen LogP contribution in [-0.2, 0) is 0 Å². The lowest BCUT2D eigenvalue weighted by Crippen LogP contribution is -2.11. The summed E-state index contributed by atoms with van der Waals surface area (Å²) in [4.78, 5) is 19.4. The summed E-state index contributed by atoms with van der Waals surface area (Å²) < 4.78 is 0. The highest BCUT2D eigenvalue weighted by Crippen LogP contribution is 2.23. The summed E-state index contributed by atoms with van der Waals surface area (Å²) in [6, 6.07) is 23.1. The highest BCUT2D eigenvalue weighted by molar-refractivity contribution is 5.97. The van der Waals surface area contributed by atoms with Crippen LogP contribution in [-0.4, -0.2) is 9.97 Å². The molecule has 0 aliphatic carbocycles. The second-order valence-corrected chi connectivity index (χ2v) is 5.67. The predicted octanol–water partition coefficient (Wildman–Crippen LogP) is 4.14. The third-order valence-corrected chi connectivity index (χ3v) is 4.11. The van der Waals surface area contributed by atoms with Crippen molar-refractivity contribution in [3.05, 3.63) is 88.5 Å². The largest absolute Gasteiger partial charge is 0.305 e. The lowest BCUT2D eigenvalue weighted by molar-refractivity contribution is 1.13. The summed E-state index contributed by atoms with van der Waals surface area (Å²) >= 11 is 0. The average Bonchev–Trinajstić information content (AvgIpc) is 2.66. The molecule has 0 bridgehead atoms. The number of rotatable bonds is 2. The van der Waals surface area contributed by atoms with Crippen molar-refractivity contribution >= 4 is 33.3 Å². The van der Waals surface area contributed by atoms with Gasteiger partial charge in [-0.25, -0.2) is 4.98 Å². The first-order valence-electron chi connectivity index (χ1n) is 7.85. The molecule has 0 saturated carbocycles. The van der Waals surface area contributed by atoms with E-state index >= 15 is 0 Å². The summed E-state index contributed by atoms with van der Waals surface area (Å²) in [5.74, 6) is 0.277. The standard InChI is InChI=1S/C21H13N3O/c22-13-16(12-15-8-5-7-14-6-1-2-9-17(14)15)20-23-19-11-4-3-10-18(19)21(25)24-20/h1-12H,(H,23,24,25). The number of hydrogen-bond acceptors (Lipinski definition) is 3. The maximum absolute atomic E-state index is 12.3. The van der Waals surface area contributed by atoms with Crippen LogP contribution < -0.4 is 5.56 Å². The van der Waals surface area contributed by atoms with E-state index in [1.54, 1.807) is 24.3 Å². The molecular formula is C21H13N3O. The molecule has 0 atom stereocenters. The molecule has 1 aromatic heterocycles. The predicted molar refractivity (Wildman–Crippen MR) is 99.8 cm³/mol. The molecule has 0 spiro atoms. The number of nitrogens with one attached hydrogen (secondary N) is 1. The molecule has 4 rings (SSSR count). The van der Waals surface area contributed by atoms with E-state index in [2.05, 4.69) is 16.0 Å². The normalized spacial score (nSPS) is 11.6. The van der Waals surface area contributed by atoms with E-state index in [0.717, 1.165) is 16.3 Å². The van der Waals surface area contributed by atoms with E-state index < -0.39 is 0 Å². The lowest BCUT2D eigenvalue weighted by Gasteiger charge is -2.04. The zero-order valence-corrected chi connectivity index (χ0v) is 13.2. The van der Waals surface area contributed by atoms with Gasteiger partial charge in [-0.3, -0.25) is 4.79 Å². The summed E-state index contributed by atoms with van der Waals surface area (Å²) in [6.07, 6.45) is 1.76. The third-order valence-electron chi connectivity index (χ3n) is 4.11. The minimum absolute atomic E-state index is 0.250. The van der Waals surface area contributed by atoms with Crippen molar-refractivity contribution < 1.29 is 0 Å². The topological polar surface area (TPSA) is 69.5 Å².